The fourth-order valence-electron chi connectivity index (χ4n) is 0.620. The number of rotatable bonds is 3. The van der Waals surface area contributed by atoms with E-state index in [1.807, 2.05) is 0 Å². The molecule has 1 aromatic rings. The summed E-state index contributed by atoms with van der Waals surface area (Å²) in [6.45, 7) is 0. The van der Waals surface area contributed by atoms with Crippen LogP contribution in [0.2, 0.25) is 10.0 Å². The second kappa shape index (κ2) is 4.60. The zero-order chi connectivity index (χ0) is 8.97. The van der Waals surface area contributed by atoms with E-state index in [4.69, 9.17) is 23.2 Å². The summed E-state index contributed by atoms with van der Waals surface area (Å²) in [6, 6.07) is 5.08. The lowest BCUT2D eigenvalue weighted by molar-refractivity contribution is 0.554. The molecule has 0 aliphatic carbocycles. The van der Waals surface area contributed by atoms with Gasteiger partial charge >= 0.3 is 6.41 Å². The predicted molar refractivity (Wildman–Crippen MR) is 51.1 cm³/mol. The van der Waals surface area contributed by atoms with Crippen LogP contribution >= 0.6 is 35.1 Å². The number of benzene rings is 1. The lowest BCUT2D eigenvalue weighted by Crippen LogP contribution is -1.96. The first kappa shape index (κ1) is 9.71. The lowest BCUT2D eigenvalue weighted by atomic mass is 10.4. The van der Waals surface area contributed by atoms with Gasteiger partial charge < -0.3 is 0 Å². The molecule has 2 nitrogen and oxygen atoms in total. The van der Waals surface area contributed by atoms with Crippen LogP contribution in [0.5, 0.6) is 0 Å². The molecule has 0 spiro atoms. The Morgan fingerprint density at radius 3 is 2.67 bits per heavy atom. The smallest absolute Gasteiger partial charge is 0.288 e. The van der Waals surface area contributed by atoms with Crippen molar-refractivity contribution in [3.05, 3.63) is 28.2 Å². The Labute approximate surface area is 84.4 Å². The van der Waals surface area contributed by atoms with Crippen molar-refractivity contribution in [3.8, 4) is 0 Å². The van der Waals surface area contributed by atoms with Crippen LogP contribution in [-0.2, 0) is 4.79 Å². The van der Waals surface area contributed by atoms with E-state index in [2.05, 4.69) is 4.72 Å². The Bertz CT molecular complexity index is 293. The van der Waals surface area contributed by atoms with Crippen LogP contribution in [-0.4, -0.2) is 6.41 Å². The molecule has 0 atom stereocenters. The van der Waals surface area contributed by atoms with Gasteiger partial charge in [0, 0.05) is 4.90 Å². The lowest BCUT2D eigenvalue weighted by Gasteiger charge is -1.99. The largest absolute Gasteiger partial charge is 0.320 e. The average molecular weight is 221 g/mol. The van der Waals surface area contributed by atoms with Crippen molar-refractivity contribution in [1.82, 2.24) is 4.72 Å². The van der Waals surface area contributed by atoms with Gasteiger partial charge in [-0.05, 0) is 30.1 Å². The Morgan fingerprint density at radius 1 is 1.33 bits per heavy atom. The minimum absolute atomic E-state index is 0.467. The summed E-state index contributed by atoms with van der Waals surface area (Å²) in [6.07, 6.45) is 1.54. The van der Waals surface area contributed by atoms with Crippen molar-refractivity contribution in [2.75, 3.05) is 0 Å². The topological polar surface area (TPSA) is 29.1 Å². The summed E-state index contributed by atoms with van der Waals surface area (Å²) in [5, 5.41) is 0.963. The standard InChI is InChI=1S/C7H4Cl2NOS/c8-6-2-1-5(3-7(6)9)12-10-4-11/h1-3H,(H,10,11). The Balaban J connectivity index is 2.75. The van der Waals surface area contributed by atoms with Crippen molar-refractivity contribution in [2.24, 2.45) is 0 Å². The highest BCUT2D eigenvalue weighted by Gasteiger charge is 1.98. The fourth-order valence-corrected chi connectivity index (χ4v) is 1.46. The normalized spacial score (nSPS) is 9.50. The molecule has 0 fully saturated rings. The minimum atomic E-state index is 0.467. The van der Waals surface area contributed by atoms with Gasteiger partial charge in [0.1, 0.15) is 0 Å². The molecule has 0 aliphatic rings. The van der Waals surface area contributed by atoms with Crippen LogP contribution in [0.1, 0.15) is 0 Å². The zero-order valence-corrected chi connectivity index (χ0v) is 8.13. The van der Waals surface area contributed by atoms with Crippen LogP contribution in [0.4, 0.5) is 0 Å². The molecule has 1 aromatic carbocycles. The maximum atomic E-state index is 9.81. The molecule has 63 valence electrons. The number of halogens is 2. The van der Waals surface area contributed by atoms with Crippen LogP contribution in [0, 0.1) is 0 Å². The molecule has 0 saturated carbocycles. The molecule has 1 radical (unpaired) electrons. The highest BCUT2D eigenvalue weighted by atomic mass is 35.5. The van der Waals surface area contributed by atoms with E-state index in [9.17, 15) is 4.79 Å². The van der Waals surface area contributed by atoms with E-state index in [1.54, 1.807) is 18.2 Å². The molecule has 5 heteroatoms. The number of nitrogens with one attached hydrogen (secondary N) is 1. The highest BCUT2D eigenvalue weighted by molar-refractivity contribution is 7.97. The molecule has 0 aromatic heterocycles. The molecular weight excluding hydrogens is 217 g/mol. The van der Waals surface area contributed by atoms with Crippen molar-refractivity contribution >= 4 is 41.6 Å². The van der Waals surface area contributed by atoms with E-state index in [1.165, 1.54) is 6.41 Å². The second-order valence-electron chi connectivity index (χ2n) is 1.88. The van der Waals surface area contributed by atoms with E-state index in [0.29, 0.717) is 10.0 Å². The first-order valence-corrected chi connectivity index (χ1v) is 4.55. The first-order chi connectivity index (χ1) is 5.74. The molecular formula is C7H4Cl2NOS. The van der Waals surface area contributed by atoms with E-state index < -0.39 is 0 Å². The van der Waals surface area contributed by atoms with E-state index in [0.717, 1.165) is 16.8 Å². The van der Waals surface area contributed by atoms with Gasteiger partial charge in [0.15, 0.2) is 0 Å². The third kappa shape index (κ3) is 2.59. The molecule has 0 bridgehead atoms. The van der Waals surface area contributed by atoms with Crippen LogP contribution < -0.4 is 4.72 Å². The van der Waals surface area contributed by atoms with Gasteiger partial charge in [0.2, 0.25) is 0 Å². The summed E-state index contributed by atoms with van der Waals surface area (Å²) in [7, 11) is 0. The van der Waals surface area contributed by atoms with Gasteiger partial charge in [0.05, 0.1) is 10.0 Å². The number of amides is 1. The summed E-state index contributed by atoms with van der Waals surface area (Å²) in [5.74, 6) is 0. The zero-order valence-electron chi connectivity index (χ0n) is 5.80. The number of hydrogen-bond donors (Lipinski definition) is 1. The second-order valence-corrected chi connectivity index (χ2v) is 3.58. The van der Waals surface area contributed by atoms with Crippen LogP contribution in [0.25, 0.3) is 0 Å². The maximum Gasteiger partial charge on any atom is 0.320 e. The molecule has 12 heavy (non-hydrogen) atoms. The van der Waals surface area contributed by atoms with Gasteiger partial charge in [-0.3, -0.25) is 9.52 Å². The van der Waals surface area contributed by atoms with Crippen LogP contribution in [0.3, 0.4) is 0 Å². The SMILES string of the molecule is O=[C]NSc1ccc(Cl)c(Cl)c1. The van der Waals surface area contributed by atoms with Crippen LogP contribution in [0.15, 0.2) is 23.1 Å². The maximum absolute atomic E-state index is 9.81. The summed E-state index contributed by atoms with van der Waals surface area (Å²) in [5.41, 5.74) is 0. The Kier molecular flexibility index (Phi) is 3.72. The Hall–Kier alpha value is -0.380. The van der Waals surface area contributed by atoms with Gasteiger partial charge in [-0.25, -0.2) is 0 Å². The third-order valence-corrected chi connectivity index (χ3v) is 2.52. The molecule has 0 aliphatic heterocycles. The minimum Gasteiger partial charge on any atom is -0.288 e. The Morgan fingerprint density at radius 2 is 2.08 bits per heavy atom. The molecule has 0 heterocycles. The average Bonchev–Trinajstić information content (AvgIpc) is 2.07. The van der Waals surface area contributed by atoms with Gasteiger partial charge in [-0.15, -0.1) is 0 Å². The molecule has 1 rings (SSSR count). The van der Waals surface area contributed by atoms with Gasteiger partial charge in [-0.2, -0.15) is 0 Å². The van der Waals surface area contributed by atoms with Crippen molar-refractivity contribution in [2.45, 2.75) is 4.90 Å². The summed E-state index contributed by atoms with van der Waals surface area (Å²) >= 11 is 12.5. The van der Waals surface area contributed by atoms with E-state index >= 15 is 0 Å². The van der Waals surface area contributed by atoms with Gasteiger partial charge in [-0.1, -0.05) is 23.2 Å². The monoisotopic (exact) mass is 220 g/mol. The summed E-state index contributed by atoms with van der Waals surface area (Å²) in [4.78, 5) is 10.6. The molecule has 0 saturated heterocycles. The van der Waals surface area contributed by atoms with Crippen molar-refractivity contribution in [3.63, 3.8) is 0 Å². The summed E-state index contributed by atoms with van der Waals surface area (Å²) < 4.78 is 2.32. The predicted octanol–water partition coefficient (Wildman–Crippen LogP) is 2.66. The van der Waals surface area contributed by atoms with E-state index in [-0.39, 0.29) is 0 Å². The quantitative estimate of drug-likeness (QED) is 0.627. The number of hydrogen-bond acceptors (Lipinski definition) is 2. The third-order valence-electron chi connectivity index (χ3n) is 1.10. The molecule has 1 N–H and O–H groups in total. The van der Waals surface area contributed by atoms with Crippen molar-refractivity contribution in [1.29, 1.82) is 0 Å². The number of carbonyl (C=O) groups excluding carboxylic acids is 1. The molecule has 1 amide bonds. The van der Waals surface area contributed by atoms with Gasteiger partial charge in [0.25, 0.3) is 0 Å². The fraction of sp³-hybridized carbons (Fsp3) is 0. The molecule has 0 unspecified atom stereocenters. The van der Waals surface area contributed by atoms with Crippen molar-refractivity contribution < 1.29 is 4.79 Å². The first-order valence-electron chi connectivity index (χ1n) is 2.98. The highest BCUT2D eigenvalue weighted by Crippen LogP contribution is 2.26.